The van der Waals surface area contributed by atoms with Crippen molar-refractivity contribution in [3.8, 4) is 0 Å². The summed E-state index contributed by atoms with van der Waals surface area (Å²) in [6.45, 7) is 8.71. The Labute approximate surface area is 134 Å². The fourth-order valence-electron chi connectivity index (χ4n) is 2.89. The van der Waals surface area contributed by atoms with Gasteiger partial charge in [0.1, 0.15) is 0 Å². The summed E-state index contributed by atoms with van der Waals surface area (Å²) in [4.78, 5) is 7.06. The van der Waals surface area contributed by atoms with Crippen LogP contribution in [-0.2, 0) is 17.7 Å². The molecule has 0 saturated carbocycles. The van der Waals surface area contributed by atoms with E-state index in [1.807, 2.05) is 0 Å². The molecular formula is C18H29N3O. The number of aryl methyl sites for hydroxylation is 1. The molecule has 0 amide bonds. The second kappa shape index (κ2) is 8.79. The fourth-order valence-corrected chi connectivity index (χ4v) is 2.89. The van der Waals surface area contributed by atoms with E-state index in [9.17, 15) is 0 Å². The molecule has 1 heterocycles. The normalized spacial score (nSPS) is 18.5. The summed E-state index contributed by atoms with van der Waals surface area (Å²) >= 11 is 0. The van der Waals surface area contributed by atoms with Crippen LogP contribution in [-0.4, -0.2) is 44.2 Å². The Hall–Kier alpha value is -1.55. The summed E-state index contributed by atoms with van der Waals surface area (Å²) in [6.07, 6.45) is 2.21. The van der Waals surface area contributed by atoms with Crippen LogP contribution < -0.4 is 5.32 Å². The van der Waals surface area contributed by atoms with E-state index in [-0.39, 0.29) is 0 Å². The highest BCUT2D eigenvalue weighted by Crippen LogP contribution is 2.14. The minimum absolute atomic E-state index is 0.622. The average Bonchev–Trinajstić information content (AvgIpc) is 3.04. The smallest absolute Gasteiger partial charge is 0.193 e. The van der Waals surface area contributed by atoms with Gasteiger partial charge in [0.25, 0.3) is 0 Å². The Kier molecular flexibility index (Phi) is 6.72. The second-order valence-corrected chi connectivity index (χ2v) is 5.90. The molecule has 1 fully saturated rings. The van der Waals surface area contributed by atoms with Crippen molar-refractivity contribution < 1.29 is 4.74 Å². The van der Waals surface area contributed by atoms with Gasteiger partial charge in [0, 0.05) is 32.7 Å². The van der Waals surface area contributed by atoms with Gasteiger partial charge in [0.05, 0.1) is 13.2 Å². The van der Waals surface area contributed by atoms with E-state index in [0.717, 1.165) is 51.6 Å². The number of hydrogen-bond donors (Lipinski definition) is 1. The van der Waals surface area contributed by atoms with Gasteiger partial charge in [-0.1, -0.05) is 31.2 Å². The summed E-state index contributed by atoms with van der Waals surface area (Å²) in [5.41, 5.74) is 2.70. The first kappa shape index (κ1) is 16.8. The Balaban J connectivity index is 2.02. The largest absolute Gasteiger partial charge is 0.381 e. The van der Waals surface area contributed by atoms with E-state index in [1.165, 1.54) is 11.1 Å². The molecule has 2 rings (SSSR count). The number of nitrogens with zero attached hydrogens (tertiary/aromatic N) is 2. The Bertz CT molecular complexity index is 481. The van der Waals surface area contributed by atoms with E-state index in [1.54, 1.807) is 0 Å². The van der Waals surface area contributed by atoms with Gasteiger partial charge in [-0.2, -0.15) is 0 Å². The quantitative estimate of drug-likeness (QED) is 0.648. The molecule has 0 aliphatic carbocycles. The van der Waals surface area contributed by atoms with Crippen LogP contribution >= 0.6 is 0 Å². The average molecular weight is 303 g/mol. The topological polar surface area (TPSA) is 36.9 Å². The summed E-state index contributed by atoms with van der Waals surface area (Å²) in [7, 11) is 2.12. The summed E-state index contributed by atoms with van der Waals surface area (Å²) < 4.78 is 5.47. The number of aliphatic imine (C=N–C) groups is 1. The van der Waals surface area contributed by atoms with Crippen molar-refractivity contribution >= 4 is 5.96 Å². The first-order chi connectivity index (χ1) is 10.7. The van der Waals surface area contributed by atoms with Crippen molar-refractivity contribution in [3.63, 3.8) is 0 Å². The molecule has 0 radical (unpaired) electrons. The number of benzene rings is 1. The van der Waals surface area contributed by atoms with Crippen molar-refractivity contribution in [3.05, 3.63) is 35.4 Å². The van der Waals surface area contributed by atoms with Crippen LogP contribution in [0.5, 0.6) is 0 Å². The Morgan fingerprint density at radius 1 is 1.32 bits per heavy atom. The summed E-state index contributed by atoms with van der Waals surface area (Å²) in [6, 6.07) is 8.56. The van der Waals surface area contributed by atoms with E-state index >= 15 is 0 Å². The van der Waals surface area contributed by atoms with Crippen LogP contribution in [0, 0.1) is 5.92 Å². The standard InChI is InChI=1S/C18H29N3O/c1-4-16-8-6-7-9-17(16)12-20-18(19-5-2)21(3)13-15-10-11-22-14-15/h6-9,15H,4-5,10-14H2,1-3H3,(H,19,20). The molecule has 1 N–H and O–H groups in total. The van der Waals surface area contributed by atoms with E-state index in [0.29, 0.717) is 5.92 Å². The summed E-state index contributed by atoms with van der Waals surface area (Å²) in [5.74, 6) is 1.61. The molecule has 1 unspecified atom stereocenters. The van der Waals surface area contributed by atoms with Crippen LogP contribution in [0.1, 0.15) is 31.4 Å². The highest BCUT2D eigenvalue weighted by atomic mass is 16.5. The maximum atomic E-state index is 5.47. The molecule has 1 aromatic rings. The minimum Gasteiger partial charge on any atom is -0.381 e. The van der Waals surface area contributed by atoms with Crippen LogP contribution in [0.15, 0.2) is 29.3 Å². The van der Waals surface area contributed by atoms with Crippen LogP contribution in [0.3, 0.4) is 0 Å². The second-order valence-electron chi connectivity index (χ2n) is 5.90. The van der Waals surface area contributed by atoms with Crippen molar-refractivity contribution in [2.24, 2.45) is 10.9 Å². The van der Waals surface area contributed by atoms with Crippen LogP contribution in [0.2, 0.25) is 0 Å². The maximum Gasteiger partial charge on any atom is 0.193 e. The lowest BCUT2D eigenvalue weighted by molar-refractivity contribution is 0.181. The predicted octanol–water partition coefficient (Wildman–Crippen LogP) is 2.68. The lowest BCUT2D eigenvalue weighted by Gasteiger charge is -2.24. The van der Waals surface area contributed by atoms with Gasteiger partial charge >= 0.3 is 0 Å². The predicted molar refractivity (Wildman–Crippen MR) is 92.2 cm³/mol. The molecular weight excluding hydrogens is 274 g/mol. The van der Waals surface area contributed by atoms with Gasteiger partial charge in [-0.25, -0.2) is 4.99 Å². The number of nitrogens with one attached hydrogen (secondary N) is 1. The zero-order valence-corrected chi connectivity index (χ0v) is 14.1. The zero-order valence-electron chi connectivity index (χ0n) is 14.1. The van der Waals surface area contributed by atoms with Crippen molar-refractivity contribution in [2.75, 3.05) is 33.4 Å². The molecule has 4 heteroatoms. The number of ether oxygens (including phenoxy) is 1. The zero-order chi connectivity index (χ0) is 15.8. The molecule has 1 atom stereocenters. The Morgan fingerprint density at radius 3 is 2.73 bits per heavy atom. The van der Waals surface area contributed by atoms with Gasteiger partial charge in [-0.15, -0.1) is 0 Å². The van der Waals surface area contributed by atoms with Crippen molar-refractivity contribution in [1.29, 1.82) is 0 Å². The van der Waals surface area contributed by atoms with Gasteiger partial charge in [-0.3, -0.25) is 0 Å². The van der Waals surface area contributed by atoms with Gasteiger partial charge in [-0.05, 0) is 30.9 Å². The Morgan fingerprint density at radius 2 is 2.09 bits per heavy atom. The number of rotatable bonds is 6. The first-order valence-corrected chi connectivity index (χ1v) is 8.38. The molecule has 1 aliphatic heterocycles. The molecule has 0 bridgehead atoms. The lowest BCUT2D eigenvalue weighted by atomic mass is 10.1. The monoisotopic (exact) mass is 303 g/mol. The SMILES string of the molecule is CCNC(=NCc1ccccc1CC)N(C)CC1CCOC1. The van der Waals surface area contributed by atoms with Gasteiger partial charge in [0.15, 0.2) is 5.96 Å². The molecule has 0 aromatic heterocycles. The molecule has 22 heavy (non-hydrogen) atoms. The molecule has 4 nitrogen and oxygen atoms in total. The molecule has 1 aromatic carbocycles. The highest BCUT2D eigenvalue weighted by molar-refractivity contribution is 5.79. The third kappa shape index (κ3) is 4.73. The fraction of sp³-hybridized carbons (Fsp3) is 0.611. The third-order valence-corrected chi connectivity index (χ3v) is 4.15. The van der Waals surface area contributed by atoms with E-state index in [2.05, 4.69) is 55.4 Å². The van der Waals surface area contributed by atoms with E-state index in [4.69, 9.17) is 9.73 Å². The molecule has 1 aliphatic rings. The molecule has 1 saturated heterocycles. The maximum absolute atomic E-state index is 5.47. The summed E-state index contributed by atoms with van der Waals surface area (Å²) in [5, 5.41) is 3.40. The first-order valence-electron chi connectivity index (χ1n) is 8.38. The molecule has 0 spiro atoms. The minimum atomic E-state index is 0.622. The van der Waals surface area contributed by atoms with Crippen LogP contribution in [0.4, 0.5) is 0 Å². The number of hydrogen-bond acceptors (Lipinski definition) is 2. The van der Waals surface area contributed by atoms with Gasteiger partial charge < -0.3 is 15.0 Å². The highest BCUT2D eigenvalue weighted by Gasteiger charge is 2.19. The van der Waals surface area contributed by atoms with Gasteiger partial charge in [0.2, 0.25) is 0 Å². The van der Waals surface area contributed by atoms with E-state index < -0.39 is 0 Å². The van der Waals surface area contributed by atoms with Crippen LogP contribution in [0.25, 0.3) is 0 Å². The lowest BCUT2D eigenvalue weighted by Crippen LogP contribution is -2.41. The number of guanidine groups is 1. The molecule has 122 valence electrons. The third-order valence-electron chi connectivity index (χ3n) is 4.15. The van der Waals surface area contributed by atoms with Crippen molar-refractivity contribution in [2.45, 2.75) is 33.2 Å². The van der Waals surface area contributed by atoms with Crippen molar-refractivity contribution in [1.82, 2.24) is 10.2 Å².